The summed E-state index contributed by atoms with van der Waals surface area (Å²) in [6.07, 6.45) is 1.60. The Morgan fingerprint density at radius 2 is 2.08 bits per heavy atom. The van der Waals surface area contributed by atoms with Crippen molar-refractivity contribution >= 4 is 39.9 Å². The fourth-order valence-electron chi connectivity index (χ4n) is 2.75. The van der Waals surface area contributed by atoms with E-state index in [9.17, 15) is 9.59 Å². The zero-order valence-electron chi connectivity index (χ0n) is 15.1. The van der Waals surface area contributed by atoms with Crippen molar-refractivity contribution in [2.75, 3.05) is 5.32 Å². The molecule has 0 radical (unpaired) electrons. The first kappa shape index (κ1) is 18.1. The van der Waals surface area contributed by atoms with Crippen LogP contribution in [0.25, 0.3) is 11.0 Å². The van der Waals surface area contributed by atoms with Crippen molar-refractivity contribution in [3.8, 4) is 0 Å². The average Bonchev–Trinajstić information content (AvgIpc) is 3.21. The van der Waals surface area contributed by atoms with Crippen molar-refractivity contribution in [1.82, 2.24) is 20.1 Å². The SMILES string of the molecule is Cc1nn(C)c2ncc(NC(=O)C(NC(=O)c3cccs3)C(C)C)cc12. The fraction of sp³-hybridized carbons (Fsp3) is 0.333. The number of aromatic nitrogens is 3. The molecule has 7 nitrogen and oxygen atoms in total. The van der Waals surface area contributed by atoms with Gasteiger partial charge in [-0.25, -0.2) is 4.98 Å². The van der Waals surface area contributed by atoms with Crippen LogP contribution >= 0.6 is 11.3 Å². The summed E-state index contributed by atoms with van der Waals surface area (Å²) in [5.74, 6) is -0.575. The summed E-state index contributed by atoms with van der Waals surface area (Å²) >= 11 is 1.34. The zero-order valence-corrected chi connectivity index (χ0v) is 15.9. The van der Waals surface area contributed by atoms with E-state index < -0.39 is 6.04 Å². The van der Waals surface area contributed by atoms with Gasteiger partial charge in [0, 0.05) is 12.4 Å². The van der Waals surface area contributed by atoms with Gasteiger partial charge in [-0.1, -0.05) is 19.9 Å². The summed E-state index contributed by atoms with van der Waals surface area (Å²) in [5, 5.41) is 12.7. The minimum Gasteiger partial charge on any atom is -0.339 e. The Morgan fingerprint density at radius 1 is 1.31 bits per heavy atom. The van der Waals surface area contributed by atoms with Crippen LogP contribution < -0.4 is 10.6 Å². The van der Waals surface area contributed by atoms with Crippen LogP contribution in [0, 0.1) is 12.8 Å². The van der Waals surface area contributed by atoms with Crippen LogP contribution in [0.1, 0.15) is 29.2 Å². The summed E-state index contributed by atoms with van der Waals surface area (Å²) in [7, 11) is 1.83. The first-order valence-electron chi connectivity index (χ1n) is 8.31. The van der Waals surface area contributed by atoms with Crippen LogP contribution in [0.4, 0.5) is 5.69 Å². The van der Waals surface area contributed by atoms with Gasteiger partial charge in [-0.3, -0.25) is 14.3 Å². The number of thiophene rings is 1. The van der Waals surface area contributed by atoms with Crippen molar-refractivity contribution in [2.24, 2.45) is 13.0 Å². The highest BCUT2D eigenvalue weighted by Crippen LogP contribution is 2.20. The molecule has 0 spiro atoms. The van der Waals surface area contributed by atoms with Gasteiger partial charge in [-0.05, 0) is 30.4 Å². The van der Waals surface area contributed by atoms with Gasteiger partial charge >= 0.3 is 0 Å². The van der Waals surface area contributed by atoms with E-state index in [1.165, 1.54) is 11.3 Å². The van der Waals surface area contributed by atoms with Crippen molar-refractivity contribution in [1.29, 1.82) is 0 Å². The highest BCUT2D eigenvalue weighted by molar-refractivity contribution is 7.12. The zero-order chi connectivity index (χ0) is 18.8. The van der Waals surface area contributed by atoms with Gasteiger partial charge in [0.2, 0.25) is 5.91 Å². The predicted molar refractivity (Wildman–Crippen MR) is 102 cm³/mol. The molecule has 0 aliphatic rings. The van der Waals surface area contributed by atoms with E-state index in [-0.39, 0.29) is 17.7 Å². The minimum atomic E-state index is -0.643. The second-order valence-corrected chi connectivity index (χ2v) is 7.41. The fourth-order valence-corrected chi connectivity index (χ4v) is 3.38. The number of anilines is 1. The summed E-state index contributed by atoms with van der Waals surface area (Å²) in [4.78, 5) is 30.0. The van der Waals surface area contributed by atoms with Gasteiger partial charge in [-0.15, -0.1) is 11.3 Å². The number of fused-ring (bicyclic) bond motifs is 1. The normalized spacial score (nSPS) is 12.3. The van der Waals surface area contributed by atoms with Crippen LogP contribution in [-0.2, 0) is 11.8 Å². The summed E-state index contributed by atoms with van der Waals surface area (Å²) < 4.78 is 1.70. The smallest absolute Gasteiger partial charge is 0.262 e. The molecule has 3 rings (SSSR count). The molecule has 3 heterocycles. The Bertz CT molecular complexity index is 946. The third-order valence-corrected chi connectivity index (χ3v) is 4.98. The molecule has 136 valence electrons. The lowest BCUT2D eigenvalue weighted by molar-refractivity contribution is -0.118. The molecule has 3 aromatic rings. The molecule has 8 heteroatoms. The molecule has 0 aliphatic heterocycles. The number of carbonyl (C=O) groups is 2. The van der Waals surface area contributed by atoms with Crippen LogP contribution in [0.5, 0.6) is 0 Å². The monoisotopic (exact) mass is 371 g/mol. The van der Waals surface area contributed by atoms with E-state index in [2.05, 4.69) is 20.7 Å². The molecule has 0 aliphatic carbocycles. The largest absolute Gasteiger partial charge is 0.339 e. The Labute approximate surface area is 155 Å². The van der Waals surface area contributed by atoms with Crippen molar-refractivity contribution in [3.05, 3.63) is 40.3 Å². The lowest BCUT2D eigenvalue weighted by Crippen LogP contribution is -2.46. The number of amides is 2. The molecule has 1 unspecified atom stereocenters. The summed E-state index contributed by atoms with van der Waals surface area (Å²) in [5.41, 5.74) is 2.18. The number of nitrogens with zero attached hydrogens (tertiary/aromatic N) is 3. The molecule has 0 bridgehead atoms. The lowest BCUT2D eigenvalue weighted by Gasteiger charge is -2.21. The number of carbonyl (C=O) groups excluding carboxylic acids is 2. The Balaban J connectivity index is 1.77. The second-order valence-electron chi connectivity index (χ2n) is 6.47. The second kappa shape index (κ2) is 7.25. The van der Waals surface area contributed by atoms with Crippen molar-refractivity contribution in [3.63, 3.8) is 0 Å². The maximum absolute atomic E-state index is 12.7. The molecular formula is C18H21N5O2S. The summed E-state index contributed by atoms with van der Waals surface area (Å²) in [6.45, 7) is 5.69. The minimum absolute atomic E-state index is 0.0595. The quantitative estimate of drug-likeness (QED) is 0.722. The number of pyridine rings is 1. The molecule has 0 aromatic carbocycles. The van der Waals surface area contributed by atoms with Gasteiger partial charge in [0.1, 0.15) is 6.04 Å². The van der Waals surface area contributed by atoms with Gasteiger partial charge in [0.15, 0.2) is 5.65 Å². The van der Waals surface area contributed by atoms with Crippen LogP contribution in [0.15, 0.2) is 29.8 Å². The Morgan fingerprint density at radius 3 is 2.73 bits per heavy atom. The number of aryl methyl sites for hydroxylation is 2. The van der Waals surface area contributed by atoms with Gasteiger partial charge < -0.3 is 10.6 Å². The lowest BCUT2D eigenvalue weighted by atomic mass is 10.0. The van der Waals surface area contributed by atoms with E-state index in [1.807, 2.05) is 39.3 Å². The maximum Gasteiger partial charge on any atom is 0.262 e. The van der Waals surface area contributed by atoms with Crippen LogP contribution in [0.2, 0.25) is 0 Å². The van der Waals surface area contributed by atoms with Gasteiger partial charge in [0.05, 0.1) is 22.5 Å². The van der Waals surface area contributed by atoms with E-state index in [4.69, 9.17) is 0 Å². The molecule has 1 atom stereocenters. The molecular weight excluding hydrogens is 350 g/mol. The molecule has 26 heavy (non-hydrogen) atoms. The van der Waals surface area contributed by atoms with Gasteiger partial charge in [0.25, 0.3) is 5.91 Å². The first-order valence-corrected chi connectivity index (χ1v) is 9.19. The van der Waals surface area contributed by atoms with E-state index in [0.29, 0.717) is 10.6 Å². The molecule has 2 amide bonds. The molecule has 2 N–H and O–H groups in total. The van der Waals surface area contributed by atoms with Gasteiger partial charge in [-0.2, -0.15) is 5.10 Å². The third-order valence-electron chi connectivity index (χ3n) is 4.11. The highest BCUT2D eigenvalue weighted by Gasteiger charge is 2.25. The maximum atomic E-state index is 12.7. The highest BCUT2D eigenvalue weighted by atomic mass is 32.1. The number of hydrogen-bond acceptors (Lipinski definition) is 5. The average molecular weight is 371 g/mol. The predicted octanol–water partition coefficient (Wildman–Crippen LogP) is 2.73. The Kier molecular flexibility index (Phi) is 5.03. The van der Waals surface area contributed by atoms with Crippen molar-refractivity contribution < 1.29 is 9.59 Å². The van der Waals surface area contributed by atoms with Crippen LogP contribution in [0.3, 0.4) is 0 Å². The number of hydrogen-bond donors (Lipinski definition) is 2. The molecule has 0 fully saturated rings. The molecule has 3 aromatic heterocycles. The summed E-state index contributed by atoms with van der Waals surface area (Å²) in [6, 6.07) is 4.75. The number of rotatable bonds is 5. The van der Waals surface area contributed by atoms with Crippen molar-refractivity contribution in [2.45, 2.75) is 26.8 Å². The van der Waals surface area contributed by atoms with Crippen LogP contribution in [-0.4, -0.2) is 32.6 Å². The van der Waals surface area contributed by atoms with E-state index in [0.717, 1.165) is 16.7 Å². The third kappa shape index (κ3) is 3.60. The standard InChI is InChI=1S/C18H21N5O2S/c1-10(2)15(21-17(24)14-6-5-7-26-14)18(25)20-12-8-13-11(3)22-23(4)16(13)19-9-12/h5-10,15H,1-4H3,(H,20,25)(H,21,24). The van der Waals surface area contributed by atoms with E-state index >= 15 is 0 Å². The van der Waals surface area contributed by atoms with E-state index in [1.54, 1.807) is 23.0 Å². The molecule has 0 saturated carbocycles. The Hall–Kier alpha value is -2.74. The molecule has 0 saturated heterocycles. The first-order chi connectivity index (χ1) is 12.4. The topological polar surface area (TPSA) is 88.9 Å². The number of nitrogens with one attached hydrogen (secondary N) is 2.